The minimum atomic E-state index is -0.347. The summed E-state index contributed by atoms with van der Waals surface area (Å²) in [5.41, 5.74) is 8.78. The lowest BCUT2D eigenvalue weighted by Crippen LogP contribution is -2.15. The Hall–Kier alpha value is -1.85. The molecule has 0 saturated carbocycles. The predicted molar refractivity (Wildman–Crippen MR) is 77.5 cm³/mol. The summed E-state index contributed by atoms with van der Waals surface area (Å²) in [5.74, 6) is 0. The van der Waals surface area contributed by atoms with Crippen molar-refractivity contribution >= 4 is 26.8 Å². The van der Waals surface area contributed by atoms with Crippen LogP contribution in [-0.4, -0.2) is 15.0 Å². The number of halogens is 1. The van der Waals surface area contributed by atoms with Crippen LogP contribution >= 0.6 is 15.9 Å². The molecule has 0 fully saturated rings. The molecule has 0 aliphatic rings. The quantitative estimate of drug-likeness (QED) is 0.790. The molecule has 0 radical (unpaired) electrons. The highest BCUT2D eigenvalue weighted by Crippen LogP contribution is 2.27. The number of rotatable bonds is 2. The molecule has 0 spiro atoms. The molecule has 5 heteroatoms. The van der Waals surface area contributed by atoms with Crippen LogP contribution in [0.15, 0.2) is 53.5 Å². The maximum atomic E-state index is 6.24. The Labute approximate surface area is 118 Å². The monoisotopic (exact) mass is 314 g/mol. The normalized spacial score (nSPS) is 12.5. The smallest absolute Gasteiger partial charge is 0.115 e. The number of nitrogens with zero attached hydrogens (tertiary/aromatic N) is 3. The van der Waals surface area contributed by atoms with E-state index in [0.717, 1.165) is 26.6 Å². The molecule has 0 aliphatic carbocycles. The predicted octanol–water partition coefficient (Wildman–Crippen LogP) is 2.84. The molecule has 3 rings (SSSR count). The summed E-state index contributed by atoms with van der Waals surface area (Å²) < 4.78 is 0.891. The first-order chi connectivity index (χ1) is 9.25. The maximum Gasteiger partial charge on any atom is 0.115 e. The fourth-order valence-electron chi connectivity index (χ4n) is 1.95. The van der Waals surface area contributed by atoms with Gasteiger partial charge in [0.05, 0.1) is 17.3 Å². The summed E-state index contributed by atoms with van der Waals surface area (Å²) >= 11 is 3.53. The first kappa shape index (κ1) is 12.2. The molecule has 0 bridgehead atoms. The molecule has 2 heterocycles. The fraction of sp³-hybridized carbons (Fsp3) is 0.0714. The summed E-state index contributed by atoms with van der Waals surface area (Å²) in [6.45, 7) is 0. The molecular weight excluding hydrogens is 304 g/mol. The van der Waals surface area contributed by atoms with Crippen LogP contribution in [0, 0.1) is 0 Å². The highest BCUT2D eigenvalue weighted by Gasteiger charge is 2.15. The van der Waals surface area contributed by atoms with E-state index in [9.17, 15) is 0 Å². The first-order valence-electron chi connectivity index (χ1n) is 5.81. The molecule has 3 aromatic rings. The van der Waals surface area contributed by atoms with Crippen LogP contribution in [0.1, 0.15) is 17.3 Å². The second-order valence-electron chi connectivity index (χ2n) is 4.20. The lowest BCUT2D eigenvalue weighted by molar-refractivity contribution is 0.814. The average Bonchev–Trinajstić information content (AvgIpc) is 2.47. The van der Waals surface area contributed by atoms with Gasteiger partial charge in [0, 0.05) is 27.8 Å². The van der Waals surface area contributed by atoms with Crippen molar-refractivity contribution in [3.8, 4) is 0 Å². The number of para-hydroxylation sites is 1. The van der Waals surface area contributed by atoms with Crippen molar-refractivity contribution in [2.24, 2.45) is 5.73 Å². The number of nitrogens with two attached hydrogens (primary N) is 1. The standard InChI is InChI=1S/C14H11BrN4/c15-11-5-9-3-1-2-4-12(9)19-14(11)13(16)10-6-17-8-18-7-10/h1-8,13H,16H2. The van der Waals surface area contributed by atoms with E-state index in [4.69, 9.17) is 5.73 Å². The van der Waals surface area contributed by atoms with Gasteiger partial charge in [-0.05, 0) is 28.1 Å². The van der Waals surface area contributed by atoms with Crippen molar-refractivity contribution < 1.29 is 0 Å². The molecular formula is C14H11BrN4. The van der Waals surface area contributed by atoms with Crippen LogP contribution < -0.4 is 5.73 Å². The van der Waals surface area contributed by atoms with Crippen molar-refractivity contribution in [2.45, 2.75) is 6.04 Å². The molecule has 1 unspecified atom stereocenters. The van der Waals surface area contributed by atoms with Crippen molar-refractivity contribution in [3.63, 3.8) is 0 Å². The third-order valence-electron chi connectivity index (χ3n) is 2.94. The topological polar surface area (TPSA) is 64.7 Å². The first-order valence-corrected chi connectivity index (χ1v) is 6.60. The van der Waals surface area contributed by atoms with Crippen LogP contribution in [-0.2, 0) is 0 Å². The van der Waals surface area contributed by atoms with Gasteiger partial charge in [0.2, 0.25) is 0 Å². The van der Waals surface area contributed by atoms with Gasteiger partial charge in [-0.1, -0.05) is 18.2 Å². The highest BCUT2D eigenvalue weighted by atomic mass is 79.9. The van der Waals surface area contributed by atoms with Gasteiger partial charge in [-0.2, -0.15) is 0 Å². The number of aromatic nitrogens is 3. The lowest BCUT2D eigenvalue weighted by Gasteiger charge is -2.13. The van der Waals surface area contributed by atoms with E-state index in [1.165, 1.54) is 6.33 Å². The molecule has 4 nitrogen and oxygen atoms in total. The SMILES string of the molecule is NC(c1cncnc1)c1nc2ccccc2cc1Br. The molecule has 0 saturated heterocycles. The minimum Gasteiger partial charge on any atom is -0.319 e. The zero-order valence-electron chi connectivity index (χ0n) is 9.99. The summed E-state index contributed by atoms with van der Waals surface area (Å²) in [4.78, 5) is 12.6. The number of hydrogen-bond acceptors (Lipinski definition) is 4. The van der Waals surface area contributed by atoms with Gasteiger partial charge in [0.25, 0.3) is 0 Å². The molecule has 1 atom stereocenters. The molecule has 0 amide bonds. The third kappa shape index (κ3) is 2.34. The number of fused-ring (bicyclic) bond motifs is 1. The Morgan fingerprint density at radius 1 is 1.11 bits per heavy atom. The molecule has 2 N–H and O–H groups in total. The van der Waals surface area contributed by atoms with Crippen molar-refractivity contribution in [1.29, 1.82) is 0 Å². The largest absolute Gasteiger partial charge is 0.319 e. The average molecular weight is 315 g/mol. The number of benzene rings is 1. The summed E-state index contributed by atoms with van der Waals surface area (Å²) in [7, 11) is 0. The highest BCUT2D eigenvalue weighted by molar-refractivity contribution is 9.10. The van der Waals surface area contributed by atoms with Crippen molar-refractivity contribution in [2.75, 3.05) is 0 Å². The van der Waals surface area contributed by atoms with Crippen LogP contribution in [0.25, 0.3) is 10.9 Å². The Kier molecular flexibility index (Phi) is 3.23. The lowest BCUT2D eigenvalue weighted by atomic mass is 10.1. The van der Waals surface area contributed by atoms with Gasteiger partial charge < -0.3 is 5.73 Å². The van der Waals surface area contributed by atoms with Gasteiger partial charge in [-0.15, -0.1) is 0 Å². The fourth-order valence-corrected chi connectivity index (χ4v) is 2.53. The molecule has 0 aliphatic heterocycles. The van der Waals surface area contributed by atoms with E-state index in [-0.39, 0.29) is 6.04 Å². The number of hydrogen-bond donors (Lipinski definition) is 1. The minimum absolute atomic E-state index is 0.347. The summed E-state index contributed by atoms with van der Waals surface area (Å²) in [6.07, 6.45) is 4.90. The van der Waals surface area contributed by atoms with E-state index in [0.29, 0.717) is 0 Å². The van der Waals surface area contributed by atoms with Gasteiger partial charge >= 0.3 is 0 Å². The van der Waals surface area contributed by atoms with Crippen molar-refractivity contribution in [3.05, 3.63) is 64.8 Å². The van der Waals surface area contributed by atoms with Crippen LogP contribution in [0.2, 0.25) is 0 Å². The molecule has 19 heavy (non-hydrogen) atoms. The van der Waals surface area contributed by atoms with Gasteiger partial charge in [-0.3, -0.25) is 0 Å². The van der Waals surface area contributed by atoms with E-state index in [2.05, 4.69) is 30.9 Å². The van der Waals surface area contributed by atoms with Crippen molar-refractivity contribution in [1.82, 2.24) is 15.0 Å². The summed E-state index contributed by atoms with van der Waals surface area (Å²) in [6, 6.07) is 9.63. The second-order valence-corrected chi connectivity index (χ2v) is 5.05. The van der Waals surface area contributed by atoms with Crippen LogP contribution in [0.3, 0.4) is 0 Å². The van der Waals surface area contributed by atoms with E-state index >= 15 is 0 Å². The van der Waals surface area contributed by atoms with Crippen LogP contribution in [0.5, 0.6) is 0 Å². The Morgan fingerprint density at radius 3 is 2.63 bits per heavy atom. The van der Waals surface area contributed by atoms with E-state index in [1.807, 2.05) is 30.3 Å². The van der Waals surface area contributed by atoms with Gasteiger partial charge in [-0.25, -0.2) is 15.0 Å². The van der Waals surface area contributed by atoms with Crippen LogP contribution in [0.4, 0.5) is 0 Å². The van der Waals surface area contributed by atoms with Gasteiger partial charge in [0.1, 0.15) is 6.33 Å². The Morgan fingerprint density at radius 2 is 1.84 bits per heavy atom. The third-order valence-corrected chi connectivity index (χ3v) is 3.57. The Balaban J connectivity index is 2.12. The van der Waals surface area contributed by atoms with Gasteiger partial charge in [0.15, 0.2) is 0 Å². The molecule has 94 valence electrons. The molecule has 1 aromatic carbocycles. The maximum absolute atomic E-state index is 6.24. The zero-order valence-corrected chi connectivity index (χ0v) is 11.6. The number of pyridine rings is 1. The molecule has 2 aromatic heterocycles. The zero-order chi connectivity index (χ0) is 13.2. The second kappa shape index (κ2) is 5.03. The summed E-state index contributed by atoms with van der Waals surface area (Å²) in [5, 5.41) is 1.08. The van der Waals surface area contributed by atoms with E-state index < -0.39 is 0 Å². The Bertz CT molecular complexity index is 715. The van der Waals surface area contributed by atoms with E-state index in [1.54, 1.807) is 12.4 Å².